The first kappa shape index (κ1) is 16.2. The average molecular weight is 347 g/mol. The van der Waals surface area contributed by atoms with Crippen LogP contribution >= 0.6 is 11.8 Å². The minimum atomic E-state index is 0.602. The van der Waals surface area contributed by atoms with Crippen molar-refractivity contribution in [2.24, 2.45) is 0 Å². The largest absolute Gasteiger partial charge is 0.301 e. The van der Waals surface area contributed by atoms with Gasteiger partial charge in [0.05, 0.1) is 6.54 Å². The van der Waals surface area contributed by atoms with Crippen molar-refractivity contribution in [3.05, 3.63) is 83.7 Å². The molecule has 1 aliphatic carbocycles. The maximum absolute atomic E-state index is 4.48. The van der Waals surface area contributed by atoms with E-state index in [2.05, 4.69) is 81.5 Å². The first-order valence-corrected chi connectivity index (χ1v) is 9.70. The number of hydrogen-bond donors (Lipinski definition) is 0. The zero-order chi connectivity index (χ0) is 16.9. The van der Waals surface area contributed by atoms with Crippen LogP contribution in [0.3, 0.4) is 0 Å². The van der Waals surface area contributed by atoms with E-state index in [0.717, 1.165) is 23.3 Å². The van der Waals surface area contributed by atoms with Crippen molar-refractivity contribution in [3.8, 4) is 0 Å². The van der Waals surface area contributed by atoms with Crippen molar-refractivity contribution < 1.29 is 0 Å². The van der Waals surface area contributed by atoms with E-state index in [1.807, 2.05) is 6.07 Å². The summed E-state index contributed by atoms with van der Waals surface area (Å²) in [6.45, 7) is 0.852. The molecule has 3 nitrogen and oxygen atoms in total. The molecule has 0 bridgehead atoms. The van der Waals surface area contributed by atoms with Gasteiger partial charge in [-0.1, -0.05) is 84.6 Å². The molecule has 1 aromatic heterocycles. The van der Waals surface area contributed by atoms with E-state index < -0.39 is 0 Å². The van der Waals surface area contributed by atoms with Gasteiger partial charge < -0.3 is 4.57 Å². The Kier molecular flexibility index (Phi) is 4.98. The van der Waals surface area contributed by atoms with Crippen LogP contribution in [0.1, 0.15) is 35.7 Å². The molecular formula is C21H21N3S. The molecule has 0 radical (unpaired) electrons. The highest BCUT2D eigenvalue weighted by Crippen LogP contribution is 2.40. The summed E-state index contributed by atoms with van der Waals surface area (Å²) in [6.07, 6.45) is 6.84. The van der Waals surface area contributed by atoms with Gasteiger partial charge in [0, 0.05) is 11.7 Å². The molecule has 4 heteroatoms. The fourth-order valence-corrected chi connectivity index (χ4v) is 3.59. The average Bonchev–Trinajstić information content (AvgIpc) is 3.43. The summed E-state index contributed by atoms with van der Waals surface area (Å²) in [4.78, 5) is 0. The van der Waals surface area contributed by atoms with Crippen LogP contribution < -0.4 is 0 Å². The SMILES string of the molecule is C(=Cc1ccccc1)CSc1nnc(C2CC2)n1Cc1ccccc1. The van der Waals surface area contributed by atoms with Gasteiger partial charge in [-0.15, -0.1) is 10.2 Å². The Balaban J connectivity index is 1.46. The second-order valence-electron chi connectivity index (χ2n) is 6.31. The molecular weight excluding hydrogens is 326 g/mol. The first-order valence-electron chi connectivity index (χ1n) is 8.71. The number of nitrogens with zero attached hydrogens (tertiary/aromatic N) is 3. The Morgan fingerprint density at radius 1 is 0.960 bits per heavy atom. The molecule has 25 heavy (non-hydrogen) atoms. The van der Waals surface area contributed by atoms with Gasteiger partial charge in [-0.05, 0) is 24.0 Å². The van der Waals surface area contributed by atoms with Gasteiger partial charge in [-0.25, -0.2) is 0 Å². The van der Waals surface area contributed by atoms with Crippen LogP contribution in [-0.2, 0) is 6.54 Å². The molecule has 0 N–H and O–H groups in total. The maximum atomic E-state index is 4.48. The van der Waals surface area contributed by atoms with E-state index in [-0.39, 0.29) is 0 Å². The normalized spacial score (nSPS) is 14.2. The first-order chi connectivity index (χ1) is 12.4. The van der Waals surface area contributed by atoms with Crippen molar-refractivity contribution in [2.45, 2.75) is 30.5 Å². The lowest BCUT2D eigenvalue weighted by Crippen LogP contribution is -2.06. The number of rotatable bonds is 7. The second-order valence-corrected chi connectivity index (χ2v) is 7.30. The van der Waals surface area contributed by atoms with Crippen molar-refractivity contribution in [2.75, 3.05) is 5.75 Å². The highest BCUT2D eigenvalue weighted by Gasteiger charge is 2.30. The fraction of sp³-hybridized carbons (Fsp3) is 0.238. The third-order valence-electron chi connectivity index (χ3n) is 4.29. The van der Waals surface area contributed by atoms with Crippen molar-refractivity contribution in [1.29, 1.82) is 0 Å². The number of hydrogen-bond acceptors (Lipinski definition) is 3. The molecule has 1 saturated carbocycles. The quantitative estimate of drug-likeness (QED) is 0.563. The van der Waals surface area contributed by atoms with Crippen LogP contribution in [-0.4, -0.2) is 20.5 Å². The maximum Gasteiger partial charge on any atom is 0.191 e. The summed E-state index contributed by atoms with van der Waals surface area (Å²) in [6, 6.07) is 21.0. The van der Waals surface area contributed by atoms with E-state index in [0.29, 0.717) is 5.92 Å². The lowest BCUT2D eigenvalue weighted by Gasteiger charge is -2.09. The van der Waals surface area contributed by atoms with Gasteiger partial charge in [-0.3, -0.25) is 0 Å². The van der Waals surface area contributed by atoms with Crippen LogP contribution in [0.15, 0.2) is 71.9 Å². The molecule has 4 rings (SSSR count). The van der Waals surface area contributed by atoms with E-state index >= 15 is 0 Å². The van der Waals surface area contributed by atoms with Gasteiger partial charge in [0.25, 0.3) is 0 Å². The zero-order valence-electron chi connectivity index (χ0n) is 14.1. The summed E-state index contributed by atoms with van der Waals surface area (Å²) in [7, 11) is 0. The van der Waals surface area contributed by atoms with E-state index in [9.17, 15) is 0 Å². The Morgan fingerprint density at radius 3 is 2.40 bits per heavy atom. The topological polar surface area (TPSA) is 30.7 Å². The predicted octanol–water partition coefficient (Wildman–Crippen LogP) is 5.01. The lowest BCUT2D eigenvalue weighted by molar-refractivity contribution is 0.668. The van der Waals surface area contributed by atoms with E-state index in [1.165, 1.54) is 24.0 Å². The molecule has 126 valence electrons. The number of benzene rings is 2. The molecule has 1 fully saturated rings. The van der Waals surface area contributed by atoms with Gasteiger partial charge >= 0.3 is 0 Å². The summed E-state index contributed by atoms with van der Waals surface area (Å²) < 4.78 is 2.30. The molecule has 0 saturated heterocycles. The minimum Gasteiger partial charge on any atom is -0.301 e. The third-order valence-corrected chi connectivity index (χ3v) is 5.21. The third kappa shape index (κ3) is 4.20. The minimum absolute atomic E-state index is 0.602. The summed E-state index contributed by atoms with van der Waals surface area (Å²) in [5.41, 5.74) is 2.53. The second kappa shape index (κ2) is 7.70. The van der Waals surface area contributed by atoms with Crippen molar-refractivity contribution in [1.82, 2.24) is 14.8 Å². The predicted molar refractivity (Wildman–Crippen MR) is 104 cm³/mol. The van der Waals surface area contributed by atoms with Crippen molar-refractivity contribution >= 4 is 17.8 Å². The lowest BCUT2D eigenvalue weighted by atomic mass is 10.2. The van der Waals surface area contributed by atoms with Crippen molar-refractivity contribution in [3.63, 3.8) is 0 Å². The smallest absolute Gasteiger partial charge is 0.191 e. The van der Waals surface area contributed by atoms with Crippen LogP contribution in [0.5, 0.6) is 0 Å². The van der Waals surface area contributed by atoms with Crippen LogP contribution in [0.25, 0.3) is 6.08 Å². The molecule has 0 spiro atoms. The van der Waals surface area contributed by atoms with Crippen LogP contribution in [0.4, 0.5) is 0 Å². The standard InChI is InChI=1S/C21H21N3S/c1-3-8-17(9-4-1)12-7-15-25-21-23-22-20(19-13-14-19)24(21)16-18-10-5-2-6-11-18/h1-12,19H,13-16H2. The van der Waals surface area contributed by atoms with E-state index in [4.69, 9.17) is 0 Å². The molecule has 3 aromatic rings. The molecule has 1 aliphatic rings. The molecule has 0 amide bonds. The van der Waals surface area contributed by atoms with E-state index in [1.54, 1.807) is 11.8 Å². The highest BCUT2D eigenvalue weighted by atomic mass is 32.2. The number of thioether (sulfide) groups is 1. The molecule has 1 heterocycles. The summed E-state index contributed by atoms with van der Waals surface area (Å²) in [5.74, 6) is 2.65. The van der Waals surface area contributed by atoms with Gasteiger partial charge in [-0.2, -0.15) is 0 Å². The molecule has 0 aliphatic heterocycles. The highest BCUT2D eigenvalue weighted by molar-refractivity contribution is 7.99. The van der Waals surface area contributed by atoms with Crippen LogP contribution in [0, 0.1) is 0 Å². The molecule has 2 aromatic carbocycles. The van der Waals surface area contributed by atoms with Crippen LogP contribution in [0.2, 0.25) is 0 Å². The molecule has 0 unspecified atom stereocenters. The summed E-state index contributed by atoms with van der Waals surface area (Å²) >= 11 is 1.75. The van der Waals surface area contributed by atoms with Gasteiger partial charge in [0.1, 0.15) is 5.82 Å². The fourth-order valence-electron chi connectivity index (χ4n) is 2.84. The zero-order valence-corrected chi connectivity index (χ0v) is 14.9. The number of aromatic nitrogens is 3. The Bertz CT molecular complexity index is 836. The monoisotopic (exact) mass is 347 g/mol. The Hall–Kier alpha value is -2.33. The molecule has 0 atom stereocenters. The van der Waals surface area contributed by atoms with Gasteiger partial charge in [0.2, 0.25) is 0 Å². The Morgan fingerprint density at radius 2 is 1.68 bits per heavy atom. The van der Waals surface area contributed by atoms with Gasteiger partial charge in [0.15, 0.2) is 5.16 Å². The Labute approximate surface area is 152 Å². The summed E-state index contributed by atoms with van der Waals surface area (Å²) in [5, 5.41) is 9.96.